The second-order valence-electron chi connectivity index (χ2n) is 2.94. The van der Waals surface area contributed by atoms with Crippen molar-refractivity contribution < 1.29 is 4.79 Å². The van der Waals surface area contributed by atoms with Gasteiger partial charge >= 0.3 is 0 Å². The molecule has 1 heterocycles. The Kier molecular flexibility index (Phi) is 3.45. The standard InChI is InChI=1S/C8H14N4O/c1-6(4-9)8(13)10-5-7-2-3-11-12-7/h2-3,6H,4-5,9H2,1H3,(H,10,13)(H,11,12). The van der Waals surface area contributed by atoms with E-state index < -0.39 is 0 Å². The van der Waals surface area contributed by atoms with E-state index in [2.05, 4.69) is 15.5 Å². The van der Waals surface area contributed by atoms with Gasteiger partial charge in [-0.2, -0.15) is 5.10 Å². The number of rotatable bonds is 4. The molecule has 0 saturated heterocycles. The second kappa shape index (κ2) is 4.61. The van der Waals surface area contributed by atoms with Crippen LogP contribution in [0.5, 0.6) is 0 Å². The van der Waals surface area contributed by atoms with Crippen LogP contribution in [0.2, 0.25) is 0 Å². The lowest BCUT2D eigenvalue weighted by molar-refractivity contribution is -0.124. The molecule has 0 aliphatic heterocycles. The molecule has 5 heteroatoms. The third-order valence-corrected chi connectivity index (χ3v) is 1.81. The first-order valence-corrected chi connectivity index (χ1v) is 4.20. The van der Waals surface area contributed by atoms with Crippen LogP contribution in [0.25, 0.3) is 0 Å². The Hall–Kier alpha value is -1.36. The molecule has 0 radical (unpaired) electrons. The summed E-state index contributed by atoms with van der Waals surface area (Å²) in [5.41, 5.74) is 6.23. The first kappa shape index (κ1) is 9.73. The summed E-state index contributed by atoms with van der Waals surface area (Å²) in [6.45, 7) is 2.64. The van der Waals surface area contributed by atoms with Crippen LogP contribution in [0.15, 0.2) is 12.3 Å². The van der Waals surface area contributed by atoms with Gasteiger partial charge in [0.15, 0.2) is 0 Å². The lowest BCUT2D eigenvalue weighted by Gasteiger charge is -2.08. The van der Waals surface area contributed by atoms with E-state index in [4.69, 9.17) is 5.73 Å². The van der Waals surface area contributed by atoms with Crippen molar-refractivity contribution in [3.05, 3.63) is 18.0 Å². The van der Waals surface area contributed by atoms with Crippen LogP contribution in [-0.2, 0) is 11.3 Å². The first-order valence-electron chi connectivity index (χ1n) is 4.20. The number of hydrogen-bond donors (Lipinski definition) is 3. The number of carbonyl (C=O) groups is 1. The zero-order chi connectivity index (χ0) is 9.68. The van der Waals surface area contributed by atoms with Crippen molar-refractivity contribution in [3.8, 4) is 0 Å². The van der Waals surface area contributed by atoms with E-state index >= 15 is 0 Å². The van der Waals surface area contributed by atoms with Crippen LogP contribution >= 0.6 is 0 Å². The van der Waals surface area contributed by atoms with Crippen LogP contribution in [0.4, 0.5) is 0 Å². The van der Waals surface area contributed by atoms with Crippen molar-refractivity contribution >= 4 is 5.91 Å². The van der Waals surface area contributed by atoms with Gasteiger partial charge in [-0.25, -0.2) is 0 Å². The molecule has 1 aromatic rings. The highest BCUT2D eigenvalue weighted by Gasteiger charge is 2.09. The zero-order valence-electron chi connectivity index (χ0n) is 7.58. The van der Waals surface area contributed by atoms with E-state index in [0.29, 0.717) is 13.1 Å². The summed E-state index contributed by atoms with van der Waals surface area (Å²) in [5.74, 6) is -0.167. The molecule has 0 aromatic carbocycles. The van der Waals surface area contributed by atoms with E-state index in [1.54, 1.807) is 13.1 Å². The van der Waals surface area contributed by atoms with Gasteiger partial charge in [-0.1, -0.05) is 6.92 Å². The normalized spacial score (nSPS) is 12.5. The van der Waals surface area contributed by atoms with Crippen molar-refractivity contribution in [2.75, 3.05) is 6.54 Å². The molecule has 1 unspecified atom stereocenters. The van der Waals surface area contributed by atoms with Crippen LogP contribution in [0.3, 0.4) is 0 Å². The van der Waals surface area contributed by atoms with E-state index in [9.17, 15) is 4.79 Å². The highest BCUT2D eigenvalue weighted by Crippen LogP contribution is 1.94. The maximum Gasteiger partial charge on any atom is 0.224 e. The summed E-state index contributed by atoms with van der Waals surface area (Å²) < 4.78 is 0. The Bertz CT molecular complexity index is 257. The van der Waals surface area contributed by atoms with Crippen molar-refractivity contribution in [1.82, 2.24) is 15.5 Å². The minimum absolute atomic E-state index is 0.0305. The summed E-state index contributed by atoms with van der Waals surface area (Å²) in [6, 6.07) is 1.81. The molecule has 1 rings (SSSR count). The molecule has 0 fully saturated rings. The molecule has 1 atom stereocenters. The number of H-pyrrole nitrogens is 1. The average molecular weight is 182 g/mol. The van der Waals surface area contributed by atoms with E-state index in [-0.39, 0.29) is 11.8 Å². The maximum absolute atomic E-state index is 11.2. The molecule has 0 aliphatic carbocycles. The van der Waals surface area contributed by atoms with E-state index in [0.717, 1.165) is 5.69 Å². The first-order chi connectivity index (χ1) is 6.24. The fourth-order valence-electron chi connectivity index (χ4n) is 0.847. The maximum atomic E-state index is 11.2. The lowest BCUT2D eigenvalue weighted by Crippen LogP contribution is -2.32. The van der Waals surface area contributed by atoms with E-state index in [1.165, 1.54) is 0 Å². The second-order valence-corrected chi connectivity index (χ2v) is 2.94. The largest absolute Gasteiger partial charge is 0.350 e. The molecular formula is C8H14N4O. The average Bonchev–Trinajstić information content (AvgIpc) is 2.65. The third-order valence-electron chi connectivity index (χ3n) is 1.81. The zero-order valence-corrected chi connectivity index (χ0v) is 7.58. The van der Waals surface area contributed by atoms with Crippen molar-refractivity contribution in [1.29, 1.82) is 0 Å². The van der Waals surface area contributed by atoms with Crippen LogP contribution in [0.1, 0.15) is 12.6 Å². The van der Waals surface area contributed by atoms with Crippen LogP contribution in [-0.4, -0.2) is 22.6 Å². The highest BCUT2D eigenvalue weighted by molar-refractivity contribution is 5.78. The molecule has 0 saturated carbocycles. The molecular weight excluding hydrogens is 168 g/mol. The number of aromatic amines is 1. The molecule has 5 nitrogen and oxygen atoms in total. The van der Waals surface area contributed by atoms with Crippen molar-refractivity contribution in [2.45, 2.75) is 13.5 Å². The molecule has 0 bridgehead atoms. The predicted molar refractivity (Wildman–Crippen MR) is 48.7 cm³/mol. The van der Waals surface area contributed by atoms with Gasteiger partial charge in [0.1, 0.15) is 0 Å². The fourth-order valence-corrected chi connectivity index (χ4v) is 0.847. The van der Waals surface area contributed by atoms with Gasteiger partial charge in [0.25, 0.3) is 0 Å². The number of carbonyl (C=O) groups excluding carboxylic acids is 1. The number of nitrogens with two attached hydrogens (primary N) is 1. The van der Waals surface area contributed by atoms with Gasteiger partial charge in [0.05, 0.1) is 12.2 Å². The Morgan fingerprint density at radius 1 is 1.85 bits per heavy atom. The molecule has 0 aliphatic rings. The molecule has 4 N–H and O–H groups in total. The minimum Gasteiger partial charge on any atom is -0.350 e. The molecule has 1 amide bonds. The Morgan fingerprint density at radius 3 is 3.15 bits per heavy atom. The van der Waals surface area contributed by atoms with Gasteiger partial charge in [-0.3, -0.25) is 9.89 Å². The molecule has 0 spiro atoms. The minimum atomic E-state index is -0.136. The van der Waals surface area contributed by atoms with Crippen molar-refractivity contribution in [2.24, 2.45) is 11.7 Å². The molecule has 1 aromatic heterocycles. The summed E-state index contributed by atoms with van der Waals surface area (Å²) >= 11 is 0. The van der Waals surface area contributed by atoms with Crippen molar-refractivity contribution in [3.63, 3.8) is 0 Å². The van der Waals surface area contributed by atoms with Gasteiger partial charge in [-0.15, -0.1) is 0 Å². The number of nitrogens with zero attached hydrogens (tertiary/aromatic N) is 1. The molecule has 72 valence electrons. The van der Waals surface area contributed by atoms with Gasteiger partial charge in [0, 0.05) is 18.7 Å². The van der Waals surface area contributed by atoms with Crippen LogP contribution < -0.4 is 11.1 Å². The van der Waals surface area contributed by atoms with Gasteiger partial charge in [-0.05, 0) is 6.07 Å². The smallest absolute Gasteiger partial charge is 0.224 e. The van der Waals surface area contributed by atoms with E-state index in [1.807, 2.05) is 6.07 Å². The number of amides is 1. The third kappa shape index (κ3) is 2.87. The molecule has 13 heavy (non-hydrogen) atoms. The SMILES string of the molecule is CC(CN)C(=O)NCc1ccn[nH]1. The van der Waals surface area contributed by atoms with Gasteiger partial charge in [0.2, 0.25) is 5.91 Å². The summed E-state index contributed by atoms with van der Waals surface area (Å²) in [5, 5.41) is 9.26. The highest BCUT2D eigenvalue weighted by atomic mass is 16.1. The Morgan fingerprint density at radius 2 is 2.62 bits per heavy atom. The quantitative estimate of drug-likeness (QED) is 0.593. The summed E-state index contributed by atoms with van der Waals surface area (Å²) in [4.78, 5) is 11.2. The van der Waals surface area contributed by atoms with Gasteiger partial charge < -0.3 is 11.1 Å². The predicted octanol–water partition coefficient (Wildman–Crippen LogP) is -0.379. The summed E-state index contributed by atoms with van der Waals surface area (Å²) in [6.07, 6.45) is 1.65. The topological polar surface area (TPSA) is 83.8 Å². The van der Waals surface area contributed by atoms with Crippen LogP contribution in [0, 0.1) is 5.92 Å². The Labute approximate surface area is 76.7 Å². The fraction of sp³-hybridized carbons (Fsp3) is 0.500. The summed E-state index contributed by atoms with van der Waals surface area (Å²) in [7, 11) is 0. The monoisotopic (exact) mass is 182 g/mol. The lowest BCUT2D eigenvalue weighted by atomic mass is 10.2. The number of nitrogens with one attached hydrogen (secondary N) is 2. The number of aromatic nitrogens is 2. The number of hydrogen-bond acceptors (Lipinski definition) is 3. The Balaban J connectivity index is 2.31.